The van der Waals surface area contributed by atoms with Gasteiger partial charge in [0.15, 0.2) is 0 Å². The molecule has 0 aromatic heterocycles. The first-order valence-corrected chi connectivity index (χ1v) is 12.4. The van der Waals surface area contributed by atoms with Gasteiger partial charge in [-0.25, -0.2) is 0 Å². The summed E-state index contributed by atoms with van der Waals surface area (Å²) in [6, 6.07) is 20.1. The Bertz CT molecular complexity index is 758. The molecular formula is C28H40N2. The average Bonchev–Trinajstić information content (AvgIpc) is 3.21. The smallest absolute Gasteiger partial charge is 0.0350 e. The summed E-state index contributed by atoms with van der Waals surface area (Å²) in [5, 5.41) is 0. The molecule has 2 saturated heterocycles. The number of piperidine rings is 1. The summed E-state index contributed by atoms with van der Waals surface area (Å²) in [6.07, 6.45) is 10.7. The van der Waals surface area contributed by atoms with Crippen LogP contribution in [0.5, 0.6) is 0 Å². The summed E-state index contributed by atoms with van der Waals surface area (Å²) in [7, 11) is 0. The highest BCUT2D eigenvalue weighted by Crippen LogP contribution is 2.34. The molecule has 0 N–H and O–H groups in total. The van der Waals surface area contributed by atoms with Crippen LogP contribution in [0.3, 0.4) is 0 Å². The fourth-order valence-corrected chi connectivity index (χ4v) is 5.42. The lowest BCUT2D eigenvalue weighted by atomic mass is 9.96. The molecule has 2 aromatic rings. The van der Waals surface area contributed by atoms with Crippen molar-refractivity contribution in [1.82, 2.24) is 9.80 Å². The van der Waals surface area contributed by atoms with Gasteiger partial charge in [-0.1, -0.05) is 74.7 Å². The number of hydrogen-bond donors (Lipinski definition) is 0. The van der Waals surface area contributed by atoms with Crippen molar-refractivity contribution in [3.05, 3.63) is 59.7 Å². The molecule has 30 heavy (non-hydrogen) atoms. The maximum Gasteiger partial charge on any atom is 0.0350 e. The first-order valence-electron chi connectivity index (χ1n) is 12.4. The van der Waals surface area contributed by atoms with Crippen LogP contribution in [-0.4, -0.2) is 35.5 Å². The van der Waals surface area contributed by atoms with E-state index in [4.69, 9.17) is 0 Å². The minimum absolute atomic E-state index is 0.586. The van der Waals surface area contributed by atoms with Crippen molar-refractivity contribution in [3.63, 3.8) is 0 Å². The molecule has 2 heterocycles. The van der Waals surface area contributed by atoms with Gasteiger partial charge in [0.1, 0.15) is 0 Å². The standard InChI is InChI=1S/C28H40N2/c1-3-4-10-28(30-21-8-9-23(30)2)27-17-15-26(16-18-27)25-13-11-24(12-14-25)22-29-19-6-5-7-20-29/h11-18,23,28H,3-10,19-22H2,1-2H3/t23-,28+/m1/s1. The number of nitrogens with zero attached hydrogens (tertiary/aromatic N) is 2. The van der Waals surface area contributed by atoms with E-state index in [0.717, 1.165) is 12.6 Å². The molecule has 2 nitrogen and oxygen atoms in total. The summed E-state index contributed by atoms with van der Waals surface area (Å²) < 4.78 is 0. The second-order valence-electron chi connectivity index (χ2n) is 9.54. The van der Waals surface area contributed by atoms with Gasteiger partial charge in [-0.2, -0.15) is 0 Å². The third-order valence-electron chi connectivity index (χ3n) is 7.27. The Morgan fingerprint density at radius 3 is 2.10 bits per heavy atom. The van der Waals surface area contributed by atoms with Crippen LogP contribution in [0.15, 0.2) is 48.5 Å². The SMILES string of the molecule is CCCC[C@@H](c1ccc(-c2ccc(CN3CCCCC3)cc2)cc1)N1CCC[C@H]1C. The molecule has 162 valence electrons. The third kappa shape index (κ3) is 5.34. The Morgan fingerprint density at radius 2 is 1.50 bits per heavy atom. The number of likely N-dealkylation sites (tertiary alicyclic amines) is 2. The largest absolute Gasteiger partial charge is 0.299 e. The van der Waals surface area contributed by atoms with Crippen molar-refractivity contribution in [3.8, 4) is 11.1 Å². The summed E-state index contributed by atoms with van der Waals surface area (Å²) in [5.41, 5.74) is 5.62. The van der Waals surface area contributed by atoms with Crippen LogP contribution in [-0.2, 0) is 6.54 Å². The van der Waals surface area contributed by atoms with Gasteiger partial charge in [-0.3, -0.25) is 9.80 Å². The average molecular weight is 405 g/mol. The number of unbranched alkanes of at least 4 members (excludes halogenated alkanes) is 1. The van der Waals surface area contributed by atoms with E-state index in [1.165, 1.54) is 93.3 Å². The van der Waals surface area contributed by atoms with Crippen LogP contribution < -0.4 is 0 Å². The van der Waals surface area contributed by atoms with Crippen LogP contribution in [0.1, 0.15) is 82.4 Å². The zero-order valence-electron chi connectivity index (χ0n) is 19.2. The normalized spacial score (nSPS) is 21.7. The van der Waals surface area contributed by atoms with Gasteiger partial charge in [0.25, 0.3) is 0 Å². The quantitative estimate of drug-likeness (QED) is 0.465. The van der Waals surface area contributed by atoms with Gasteiger partial charge in [0.2, 0.25) is 0 Å². The van der Waals surface area contributed by atoms with E-state index < -0.39 is 0 Å². The van der Waals surface area contributed by atoms with Gasteiger partial charge in [0.05, 0.1) is 0 Å². The maximum absolute atomic E-state index is 2.75. The van der Waals surface area contributed by atoms with Crippen molar-refractivity contribution in [2.45, 2.75) is 83.8 Å². The maximum atomic E-state index is 2.75. The van der Waals surface area contributed by atoms with Crippen LogP contribution in [0.4, 0.5) is 0 Å². The topological polar surface area (TPSA) is 6.48 Å². The van der Waals surface area contributed by atoms with E-state index in [1.807, 2.05) is 0 Å². The summed E-state index contributed by atoms with van der Waals surface area (Å²) in [6.45, 7) is 9.60. The Balaban J connectivity index is 1.43. The van der Waals surface area contributed by atoms with Crippen LogP contribution in [0.2, 0.25) is 0 Å². The Hall–Kier alpha value is -1.64. The fraction of sp³-hybridized carbons (Fsp3) is 0.571. The van der Waals surface area contributed by atoms with Gasteiger partial charge < -0.3 is 0 Å². The third-order valence-corrected chi connectivity index (χ3v) is 7.27. The molecular weight excluding hydrogens is 364 g/mol. The molecule has 0 bridgehead atoms. The number of hydrogen-bond acceptors (Lipinski definition) is 2. The molecule has 2 aromatic carbocycles. The van der Waals surface area contributed by atoms with E-state index in [9.17, 15) is 0 Å². The lowest BCUT2D eigenvalue weighted by Gasteiger charge is -2.32. The first kappa shape index (κ1) is 21.6. The predicted octanol–water partition coefficient (Wildman–Crippen LogP) is 7.06. The highest BCUT2D eigenvalue weighted by atomic mass is 15.2. The molecule has 0 saturated carbocycles. The molecule has 2 atom stereocenters. The molecule has 0 spiro atoms. The van der Waals surface area contributed by atoms with Crippen molar-refractivity contribution in [2.24, 2.45) is 0 Å². The van der Waals surface area contributed by atoms with E-state index in [-0.39, 0.29) is 0 Å². The van der Waals surface area contributed by atoms with Crippen molar-refractivity contribution in [1.29, 1.82) is 0 Å². The molecule has 2 aliphatic heterocycles. The minimum Gasteiger partial charge on any atom is -0.299 e. The minimum atomic E-state index is 0.586. The second-order valence-corrected chi connectivity index (χ2v) is 9.54. The molecule has 2 heteroatoms. The van der Waals surface area contributed by atoms with E-state index in [2.05, 4.69) is 72.2 Å². The molecule has 0 aliphatic carbocycles. The fourth-order valence-electron chi connectivity index (χ4n) is 5.42. The Labute approximate surface area is 184 Å². The van der Waals surface area contributed by atoms with E-state index in [0.29, 0.717) is 6.04 Å². The van der Waals surface area contributed by atoms with Crippen LogP contribution in [0.25, 0.3) is 11.1 Å². The predicted molar refractivity (Wildman–Crippen MR) is 129 cm³/mol. The zero-order valence-corrected chi connectivity index (χ0v) is 19.2. The van der Waals surface area contributed by atoms with E-state index in [1.54, 1.807) is 0 Å². The highest BCUT2D eigenvalue weighted by molar-refractivity contribution is 5.64. The van der Waals surface area contributed by atoms with Crippen molar-refractivity contribution < 1.29 is 0 Å². The van der Waals surface area contributed by atoms with E-state index >= 15 is 0 Å². The van der Waals surface area contributed by atoms with Crippen molar-refractivity contribution >= 4 is 0 Å². The molecule has 0 radical (unpaired) electrons. The monoisotopic (exact) mass is 404 g/mol. The molecule has 0 amide bonds. The highest BCUT2D eigenvalue weighted by Gasteiger charge is 2.28. The molecule has 2 aliphatic rings. The van der Waals surface area contributed by atoms with Crippen LogP contribution in [0, 0.1) is 0 Å². The van der Waals surface area contributed by atoms with Gasteiger partial charge in [-0.15, -0.1) is 0 Å². The number of benzene rings is 2. The summed E-state index contributed by atoms with van der Waals surface area (Å²) in [4.78, 5) is 5.35. The lowest BCUT2D eigenvalue weighted by Crippen LogP contribution is -2.31. The lowest BCUT2D eigenvalue weighted by molar-refractivity contribution is 0.178. The zero-order chi connectivity index (χ0) is 20.8. The van der Waals surface area contributed by atoms with Crippen molar-refractivity contribution in [2.75, 3.05) is 19.6 Å². The van der Waals surface area contributed by atoms with Gasteiger partial charge in [-0.05, 0) is 80.9 Å². The van der Waals surface area contributed by atoms with Crippen LogP contribution >= 0.6 is 0 Å². The first-order chi connectivity index (χ1) is 14.7. The molecule has 4 rings (SSSR count). The van der Waals surface area contributed by atoms with Gasteiger partial charge >= 0.3 is 0 Å². The Morgan fingerprint density at radius 1 is 0.833 bits per heavy atom. The molecule has 2 fully saturated rings. The number of rotatable bonds is 8. The summed E-state index contributed by atoms with van der Waals surface area (Å²) >= 11 is 0. The Kier molecular flexibility index (Phi) is 7.62. The molecule has 0 unspecified atom stereocenters. The summed E-state index contributed by atoms with van der Waals surface area (Å²) in [5.74, 6) is 0. The second kappa shape index (κ2) is 10.6. The van der Waals surface area contributed by atoms with Gasteiger partial charge in [0, 0.05) is 18.6 Å².